The third kappa shape index (κ3) is 3.63. The molecule has 0 atom stereocenters. The number of halogens is 1. The highest BCUT2D eigenvalue weighted by Gasteiger charge is 2.22. The van der Waals surface area contributed by atoms with Gasteiger partial charge in [0.1, 0.15) is 17.1 Å². The van der Waals surface area contributed by atoms with Gasteiger partial charge in [0.15, 0.2) is 17.3 Å². The van der Waals surface area contributed by atoms with E-state index in [1.807, 2.05) is 12.1 Å². The van der Waals surface area contributed by atoms with Crippen molar-refractivity contribution < 1.29 is 18.7 Å². The number of carbonyl (C=O) groups excluding carboxylic acids is 1. The molecule has 7 nitrogen and oxygen atoms in total. The van der Waals surface area contributed by atoms with Gasteiger partial charge in [-0.25, -0.2) is 9.07 Å². The standard InChI is InChI=1S/C23H19FN4O3/c24-18-6-1-2-7-19(18)28-23(27-10-3-4-11-27)17(15-25-28)22(29)26-16-8-9-20-21(14-16)31-13-5-12-30-20/h1-4,6-11,14-15H,5,12-13H2,(H,26,29). The van der Waals surface area contributed by atoms with E-state index in [4.69, 9.17) is 9.47 Å². The Labute approximate surface area is 177 Å². The van der Waals surface area contributed by atoms with Gasteiger partial charge in [0, 0.05) is 30.6 Å². The topological polar surface area (TPSA) is 70.3 Å². The Bertz CT molecular complexity index is 1230. The zero-order chi connectivity index (χ0) is 21.2. The van der Waals surface area contributed by atoms with Gasteiger partial charge in [0.05, 0.1) is 19.4 Å². The van der Waals surface area contributed by atoms with Crippen LogP contribution >= 0.6 is 0 Å². The van der Waals surface area contributed by atoms with Crippen LogP contribution < -0.4 is 14.8 Å². The predicted octanol–water partition coefficient (Wildman–Crippen LogP) is 4.22. The molecule has 8 heteroatoms. The Hall–Kier alpha value is -4.07. The summed E-state index contributed by atoms with van der Waals surface area (Å²) >= 11 is 0. The first-order chi connectivity index (χ1) is 15.2. The number of fused-ring (bicyclic) bond motifs is 1. The minimum absolute atomic E-state index is 0.251. The molecule has 0 saturated heterocycles. The molecule has 2 aromatic heterocycles. The van der Waals surface area contributed by atoms with Gasteiger partial charge in [0.25, 0.3) is 5.91 Å². The molecule has 4 aromatic rings. The molecule has 156 valence electrons. The summed E-state index contributed by atoms with van der Waals surface area (Å²) in [4.78, 5) is 13.2. The van der Waals surface area contributed by atoms with E-state index in [2.05, 4.69) is 10.4 Å². The zero-order valence-electron chi connectivity index (χ0n) is 16.5. The summed E-state index contributed by atoms with van der Waals surface area (Å²) in [6.07, 6.45) is 5.78. The lowest BCUT2D eigenvalue weighted by Crippen LogP contribution is -2.15. The molecule has 0 fully saturated rings. The van der Waals surface area contributed by atoms with Crippen LogP contribution in [0.2, 0.25) is 0 Å². The van der Waals surface area contributed by atoms with Gasteiger partial charge in [-0.05, 0) is 36.4 Å². The van der Waals surface area contributed by atoms with E-state index in [1.165, 1.54) is 16.9 Å². The number of nitrogens with zero attached hydrogens (tertiary/aromatic N) is 3. The lowest BCUT2D eigenvalue weighted by atomic mass is 10.2. The second-order valence-electron chi connectivity index (χ2n) is 7.00. The van der Waals surface area contributed by atoms with E-state index in [0.717, 1.165) is 6.42 Å². The lowest BCUT2D eigenvalue weighted by Gasteiger charge is -2.13. The molecule has 3 heterocycles. The summed E-state index contributed by atoms with van der Waals surface area (Å²) < 4.78 is 28.9. The molecule has 1 N–H and O–H groups in total. The average molecular weight is 418 g/mol. The fourth-order valence-corrected chi connectivity index (χ4v) is 3.47. The van der Waals surface area contributed by atoms with Crippen LogP contribution in [0.15, 0.2) is 73.2 Å². The number of amides is 1. The normalized spacial score (nSPS) is 12.9. The number of rotatable bonds is 4. The number of ether oxygens (including phenoxy) is 2. The van der Waals surface area contributed by atoms with E-state index in [0.29, 0.717) is 41.8 Å². The number of hydrogen-bond donors (Lipinski definition) is 1. The summed E-state index contributed by atoms with van der Waals surface area (Å²) in [5, 5.41) is 7.17. The summed E-state index contributed by atoms with van der Waals surface area (Å²) in [6.45, 7) is 1.14. The summed E-state index contributed by atoms with van der Waals surface area (Å²) in [5.41, 5.74) is 1.11. The molecule has 0 saturated carbocycles. The average Bonchev–Trinajstić information content (AvgIpc) is 3.39. The van der Waals surface area contributed by atoms with Crippen LogP contribution in [-0.2, 0) is 0 Å². The Morgan fingerprint density at radius 3 is 2.58 bits per heavy atom. The van der Waals surface area contributed by atoms with Crippen LogP contribution in [0, 0.1) is 5.82 Å². The van der Waals surface area contributed by atoms with E-state index >= 15 is 0 Å². The Morgan fingerprint density at radius 2 is 1.77 bits per heavy atom. The maximum absolute atomic E-state index is 14.5. The highest BCUT2D eigenvalue weighted by atomic mass is 19.1. The summed E-state index contributed by atoms with van der Waals surface area (Å²) in [5.74, 6) is 0.857. The maximum Gasteiger partial charge on any atom is 0.261 e. The molecular formula is C23H19FN4O3. The quantitative estimate of drug-likeness (QED) is 0.539. The number of benzene rings is 2. The zero-order valence-corrected chi connectivity index (χ0v) is 16.5. The number of nitrogens with one attached hydrogen (secondary N) is 1. The lowest BCUT2D eigenvalue weighted by molar-refractivity contribution is 0.102. The first-order valence-electron chi connectivity index (χ1n) is 9.88. The van der Waals surface area contributed by atoms with Crippen molar-refractivity contribution in [2.24, 2.45) is 0 Å². The van der Waals surface area contributed by atoms with Gasteiger partial charge >= 0.3 is 0 Å². The third-order valence-corrected chi connectivity index (χ3v) is 4.92. The van der Waals surface area contributed by atoms with Crippen molar-refractivity contribution in [3.05, 3.63) is 84.6 Å². The minimum Gasteiger partial charge on any atom is -0.490 e. The van der Waals surface area contributed by atoms with Crippen molar-refractivity contribution in [2.75, 3.05) is 18.5 Å². The van der Waals surface area contributed by atoms with E-state index in [1.54, 1.807) is 53.4 Å². The van der Waals surface area contributed by atoms with Crippen molar-refractivity contribution in [2.45, 2.75) is 6.42 Å². The monoisotopic (exact) mass is 418 g/mol. The first-order valence-corrected chi connectivity index (χ1v) is 9.88. The third-order valence-electron chi connectivity index (χ3n) is 4.92. The second kappa shape index (κ2) is 7.98. The molecule has 0 unspecified atom stereocenters. The van der Waals surface area contributed by atoms with Gasteiger partial charge in [-0.1, -0.05) is 12.1 Å². The Morgan fingerprint density at radius 1 is 1.00 bits per heavy atom. The van der Waals surface area contributed by atoms with Gasteiger partial charge < -0.3 is 19.4 Å². The van der Waals surface area contributed by atoms with Crippen LogP contribution in [0.1, 0.15) is 16.8 Å². The molecule has 0 spiro atoms. The van der Waals surface area contributed by atoms with E-state index in [9.17, 15) is 9.18 Å². The van der Waals surface area contributed by atoms with Crippen LogP contribution in [-0.4, -0.2) is 33.5 Å². The molecule has 2 aromatic carbocycles. The fraction of sp³-hybridized carbons (Fsp3) is 0.130. The van der Waals surface area contributed by atoms with Crippen molar-refractivity contribution in [3.8, 4) is 23.0 Å². The molecule has 1 amide bonds. The number of para-hydroxylation sites is 1. The smallest absolute Gasteiger partial charge is 0.261 e. The molecular weight excluding hydrogens is 399 g/mol. The van der Waals surface area contributed by atoms with Gasteiger partial charge in [-0.3, -0.25) is 4.79 Å². The van der Waals surface area contributed by atoms with Crippen LogP contribution in [0.4, 0.5) is 10.1 Å². The van der Waals surface area contributed by atoms with Crippen LogP contribution in [0.25, 0.3) is 11.5 Å². The van der Waals surface area contributed by atoms with Crippen molar-refractivity contribution in [1.29, 1.82) is 0 Å². The van der Waals surface area contributed by atoms with Crippen molar-refractivity contribution in [3.63, 3.8) is 0 Å². The highest BCUT2D eigenvalue weighted by molar-refractivity contribution is 6.06. The van der Waals surface area contributed by atoms with E-state index in [-0.39, 0.29) is 11.6 Å². The first kappa shape index (κ1) is 18.9. The molecule has 0 bridgehead atoms. The number of anilines is 1. The second-order valence-corrected chi connectivity index (χ2v) is 7.00. The molecule has 31 heavy (non-hydrogen) atoms. The van der Waals surface area contributed by atoms with Crippen molar-refractivity contribution >= 4 is 11.6 Å². The largest absolute Gasteiger partial charge is 0.490 e. The maximum atomic E-state index is 14.5. The van der Waals surface area contributed by atoms with Gasteiger partial charge in [-0.2, -0.15) is 5.10 Å². The predicted molar refractivity (Wildman–Crippen MR) is 113 cm³/mol. The molecule has 0 aliphatic carbocycles. The molecule has 5 rings (SSSR count). The van der Waals surface area contributed by atoms with Crippen LogP contribution in [0.3, 0.4) is 0 Å². The highest BCUT2D eigenvalue weighted by Crippen LogP contribution is 2.32. The van der Waals surface area contributed by atoms with Gasteiger partial charge in [-0.15, -0.1) is 0 Å². The van der Waals surface area contributed by atoms with Gasteiger partial charge in [0.2, 0.25) is 0 Å². The number of hydrogen-bond acceptors (Lipinski definition) is 4. The molecule has 1 aliphatic heterocycles. The Kier molecular flexibility index (Phi) is 4.87. The molecule has 0 radical (unpaired) electrons. The molecule has 1 aliphatic rings. The SMILES string of the molecule is O=C(Nc1ccc2c(c1)OCCCO2)c1cnn(-c2ccccc2F)c1-n1cccc1. The van der Waals surface area contributed by atoms with Crippen molar-refractivity contribution in [1.82, 2.24) is 14.3 Å². The minimum atomic E-state index is -0.436. The van der Waals surface area contributed by atoms with E-state index < -0.39 is 5.82 Å². The Balaban J connectivity index is 1.51. The number of aromatic nitrogens is 3. The fourth-order valence-electron chi connectivity index (χ4n) is 3.47. The number of carbonyl (C=O) groups is 1. The summed E-state index contributed by atoms with van der Waals surface area (Å²) in [6, 6.07) is 15.2. The summed E-state index contributed by atoms with van der Waals surface area (Å²) in [7, 11) is 0. The van der Waals surface area contributed by atoms with Crippen LogP contribution in [0.5, 0.6) is 11.5 Å².